The summed E-state index contributed by atoms with van der Waals surface area (Å²) in [5.74, 6) is 5.48. The molecular weight excluding hydrogens is 154 g/mol. The van der Waals surface area contributed by atoms with E-state index in [4.69, 9.17) is 5.84 Å². The average molecular weight is 171 g/mol. The molecule has 0 spiro atoms. The first kappa shape index (κ1) is 9.28. The van der Waals surface area contributed by atoms with E-state index in [1.807, 2.05) is 13.3 Å². The highest BCUT2D eigenvalue weighted by Crippen LogP contribution is 1.87. The summed E-state index contributed by atoms with van der Waals surface area (Å²) in [5, 5.41) is 8.75. The van der Waals surface area contributed by atoms with Crippen LogP contribution in [0.2, 0.25) is 0 Å². The summed E-state index contributed by atoms with van der Waals surface area (Å²) in [7, 11) is 0. The summed E-state index contributed by atoms with van der Waals surface area (Å²) in [4.78, 5) is 2.16. The second-order valence-corrected chi connectivity index (χ2v) is 2.77. The fourth-order valence-electron chi connectivity index (χ4n) is 1.02. The molecule has 1 rings (SSSR count). The van der Waals surface area contributed by atoms with Crippen molar-refractivity contribution in [2.45, 2.75) is 6.92 Å². The maximum absolute atomic E-state index is 5.48. The van der Waals surface area contributed by atoms with Gasteiger partial charge < -0.3 is 10.2 Å². The molecule has 1 aliphatic heterocycles. The van der Waals surface area contributed by atoms with Gasteiger partial charge in [-0.2, -0.15) is 5.10 Å². The molecule has 0 saturated carbocycles. The van der Waals surface area contributed by atoms with Crippen molar-refractivity contribution in [3.8, 4) is 0 Å². The molecule has 0 aliphatic carbocycles. The third-order valence-corrected chi connectivity index (χ3v) is 1.84. The zero-order valence-electron chi connectivity index (χ0n) is 7.53. The lowest BCUT2D eigenvalue weighted by Gasteiger charge is -2.25. The van der Waals surface area contributed by atoms with Gasteiger partial charge in [-0.1, -0.05) is 0 Å². The lowest BCUT2D eigenvalue weighted by molar-refractivity contribution is 0.301. The van der Waals surface area contributed by atoms with Gasteiger partial charge >= 0.3 is 0 Å². The Balaban J connectivity index is 2.23. The SMILES string of the molecule is CCN(N)N=CN1CCNCC1. The van der Waals surface area contributed by atoms with Crippen LogP contribution >= 0.6 is 0 Å². The van der Waals surface area contributed by atoms with Gasteiger partial charge in [-0.15, -0.1) is 0 Å². The summed E-state index contributed by atoms with van der Waals surface area (Å²) >= 11 is 0. The molecule has 0 aromatic rings. The van der Waals surface area contributed by atoms with Crippen LogP contribution in [0.25, 0.3) is 0 Å². The largest absolute Gasteiger partial charge is 0.359 e. The molecule has 0 aromatic heterocycles. The lowest BCUT2D eigenvalue weighted by atomic mass is 10.4. The van der Waals surface area contributed by atoms with E-state index in [1.54, 1.807) is 0 Å². The Kier molecular flexibility index (Phi) is 3.83. The molecule has 0 unspecified atom stereocenters. The number of hydrogen-bond donors (Lipinski definition) is 2. The van der Waals surface area contributed by atoms with Crippen LogP contribution in [0, 0.1) is 0 Å². The number of hydrogen-bond acceptors (Lipinski definition) is 4. The first-order valence-corrected chi connectivity index (χ1v) is 4.34. The molecular formula is C7H17N5. The van der Waals surface area contributed by atoms with Crippen molar-refractivity contribution in [1.29, 1.82) is 0 Å². The van der Waals surface area contributed by atoms with E-state index in [-0.39, 0.29) is 0 Å². The zero-order valence-corrected chi connectivity index (χ0v) is 7.53. The molecule has 1 aliphatic rings. The van der Waals surface area contributed by atoms with Gasteiger partial charge in [-0.05, 0) is 6.92 Å². The van der Waals surface area contributed by atoms with Gasteiger partial charge in [-0.3, -0.25) is 0 Å². The van der Waals surface area contributed by atoms with Gasteiger partial charge in [0.1, 0.15) is 6.34 Å². The Hall–Kier alpha value is -0.810. The number of hydrazone groups is 1. The number of hydrazine groups is 1. The second-order valence-electron chi connectivity index (χ2n) is 2.77. The van der Waals surface area contributed by atoms with Crippen LogP contribution in [-0.2, 0) is 0 Å². The summed E-state index contributed by atoms with van der Waals surface area (Å²) in [6.07, 6.45) is 1.81. The maximum Gasteiger partial charge on any atom is 0.113 e. The van der Waals surface area contributed by atoms with Gasteiger partial charge in [0, 0.05) is 26.2 Å². The Morgan fingerprint density at radius 2 is 2.25 bits per heavy atom. The summed E-state index contributed by atoms with van der Waals surface area (Å²) in [6, 6.07) is 0. The van der Waals surface area contributed by atoms with Crippen molar-refractivity contribution in [3.63, 3.8) is 0 Å². The van der Waals surface area contributed by atoms with Gasteiger partial charge in [-0.25, -0.2) is 11.0 Å². The summed E-state index contributed by atoms with van der Waals surface area (Å²) in [5.41, 5.74) is 0. The molecule has 70 valence electrons. The fourth-order valence-corrected chi connectivity index (χ4v) is 1.02. The van der Waals surface area contributed by atoms with Gasteiger partial charge in [0.05, 0.1) is 6.54 Å². The number of nitrogens with two attached hydrogens (primary N) is 1. The van der Waals surface area contributed by atoms with Crippen molar-refractivity contribution >= 4 is 6.34 Å². The quantitative estimate of drug-likeness (QED) is 0.248. The maximum atomic E-state index is 5.48. The molecule has 5 heteroatoms. The van der Waals surface area contributed by atoms with Crippen LogP contribution in [0.3, 0.4) is 0 Å². The summed E-state index contributed by atoms with van der Waals surface area (Å²) < 4.78 is 0. The van der Waals surface area contributed by atoms with Crippen LogP contribution in [0.5, 0.6) is 0 Å². The molecule has 0 amide bonds. The molecule has 0 aromatic carbocycles. The van der Waals surface area contributed by atoms with E-state index in [0.29, 0.717) is 0 Å². The molecule has 1 heterocycles. The van der Waals surface area contributed by atoms with Gasteiger partial charge in [0.15, 0.2) is 0 Å². The van der Waals surface area contributed by atoms with Gasteiger partial charge in [0.2, 0.25) is 0 Å². The number of piperazine rings is 1. The normalized spacial score (nSPS) is 18.7. The van der Waals surface area contributed by atoms with E-state index in [0.717, 1.165) is 32.7 Å². The van der Waals surface area contributed by atoms with Crippen molar-refractivity contribution in [3.05, 3.63) is 0 Å². The standard InChI is InChI=1S/C7H17N5/c1-2-12(8)10-7-11-5-3-9-4-6-11/h7,9H,2-6,8H2,1H3. The summed E-state index contributed by atoms with van der Waals surface area (Å²) in [6.45, 7) is 6.80. The number of nitrogens with zero attached hydrogens (tertiary/aromatic N) is 3. The molecule has 3 N–H and O–H groups in total. The second kappa shape index (κ2) is 4.95. The molecule has 0 atom stereocenters. The Morgan fingerprint density at radius 3 is 2.83 bits per heavy atom. The molecule has 5 nitrogen and oxygen atoms in total. The fraction of sp³-hybridized carbons (Fsp3) is 0.857. The van der Waals surface area contributed by atoms with Crippen LogP contribution in [0.4, 0.5) is 0 Å². The van der Waals surface area contributed by atoms with E-state index in [2.05, 4.69) is 15.3 Å². The molecule has 12 heavy (non-hydrogen) atoms. The minimum Gasteiger partial charge on any atom is -0.359 e. The van der Waals surface area contributed by atoms with E-state index in [1.165, 1.54) is 5.12 Å². The Bertz CT molecular complexity index is 141. The highest BCUT2D eigenvalue weighted by molar-refractivity contribution is 5.54. The van der Waals surface area contributed by atoms with Crippen molar-refractivity contribution in [2.24, 2.45) is 10.9 Å². The van der Waals surface area contributed by atoms with Crippen molar-refractivity contribution in [2.75, 3.05) is 32.7 Å². The van der Waals surface area contributed by atoms with Gasteiger partial charge in [0.25, 0.3) is 0 Å². The Labute approximate surface area is 73.2 Å². The van der Waals surface area contributed by atoms with Crippen LogP contribution in [-0.4, -0.2) is 49.1 Å². The first-order chi connectivity index (χ1) is 5.83. The minimum atomic E-state index is 0.739. The van der Waals surface area contributed by atoms with E-state index < -0.39 is 0 Å². The Morgan fingerprint density at radius 1 is 1.58 bits per heavy atom. The molecule has 0 bridgehead atoms. The molecule has 0 radical (unpaired) electrons. The predicted octanol–water partition coefficient (Wildman–Crippen LogP) is -0.969. The van der Waals surface area contributed by atoms with Crippen LogP contribution < -0.4 is 11.2 Å². The number of nitrogens with one attached hydrogen (secondary N) is 1. The first-order valence-electron chi connectivity index (χ1n) is 4.34. The third-order valence-electron chi connectivity index (χ3n) is 1.84. The topological polar surface area (TPSA) is 56.9 Å². The highest BCUT2D eigenvalue weighted by Gasteiger charge is 2.04. The van der Waals surface area contributed by atoms with Crippen molar-refractivity contribution < 1.29 is 0 Å². The number of rotatable bonds is 3. The highest BCUT2D eigenvalue weighted by atomic mass is 15.6. The van der Waals surface area contributed by atoms with Crippen LogP contribution in [0.1, 0.15) is 6.92 Å². The van der Waals surface area contributed by atoms with E-state index in [9.17, 15) is 0 Å². The third kappa shape index (κ3) is 3.06. The molecule has 1 saturated heterocycles. The zero-order chi connectivity index (χ0) is 8.81. The van der Waals surface area contributed by atoms with Crippen molar-refractivity contribution in [1.82, 2.24) is 15.3 Å². The predicted molar refractivity (Wildman–Crippen MR) is 49.5 cm³/mol. The van der Waals surface area contributed by atoms with Crippen LogP contribution in [0.15, 0.2) is 5.10 Å². The average Bonchev–Trinajstić information content (AvgIpc) is 2.16. The lowest BCUT2D eigenvalue weighted by Crippen LogP contribution is -2.43. The monoisotopic (exact) mass is 171 g/mol. The minimum absolute atomic E-state index is 0.739. The smallest absolute Gasteiger partial charge is 0.113 e. The molecule has 1 fully saturated rings. The van der Waals surface area contributed by atoms with E-state index >= 15 is 0 Å².